The van der Waals surface area contributed by atoms with Crippen LogP contribution in [-0.4, -0.2) is 11.8 Å². The van der Waals surface area contributed by atoms with Crippen molar-refractivity contribution in [3.63, 3.8) is 0 Å². The van der Waals surface area contributed by atoms with Crippen LogP contribution >= 0.6 is 0 Å². The van der Waals surface area contributed by atoms with Gasteiger partial charge in [-0.15, -0.1) is 0 Å². The van der Waals surface area contributed by atoms with Gasteiger partial charge in [-0.05, 0) is 42.6 Å². The lowest BCUT2D eigenvalue weighted by atomic mass is 10.1. The van der Waals surface area contributed by atoms with Gasteiger partial charge in [-0.25, -0.2) is 0 Å². The molecule has 0 atom stereocenters. The number of rotatable bonds is 1. The molecule has 0 spiro atoms. The number of pyridine rings is 1. The topological polar surface area (TPSA) is 51.3 Å². The van der Waals surface area contributed by atoms with Gasteiger partial charge in [0.2, 0.25) is 6.79 Å². The number of nitrogens with one attached hydrogen (secondary N) is 1. The fourth-order valence-corrected chi connectivity index (χ4v) is 2.61. The van der Waals surface area contributed by atoms with Crippen LogP contribution < -0.4 is 15.0 Å². The molecule has 3 aromatic rings. The van der Waals surface area contributed by atoms with Crippen molar-refractivity contribution in [2.24, 2.45) is 0 Å². The van der Waals surface area contributed by atoms with Crippen LogP contribution in [0.15, 0.2) is 47.3 Å². The summed E-state index contributed by atoms with van der Waals surface area (Å²) in [5, 5.41) is 1.64. The minimum atomic E-state index is -0.0832. The van der Waals surface area contributed by atoms with Crippen LogP contribution in [0.25, 0.3) is 22.0 Å². The van der Waals surface area contributed by atoms with E-state index < -0.39 is 0 Å². The van der Waals surface area contributed by atoms with Gasteiger partial charge < -0.3 is 14.5 Å². The first-order valence-corrected chi connectivity index (χ1v) is 6.74. The molecule has 0 amide bonds. The van der Waals surface area contributed by atoms with Crippen molar-refractivity contribution in [3.8, 4) is 22.8 Å². The summed E-state index contributed by atoms with van der Waals surface area (Å²) >= 11 is 0. The lowest BCUT2D eigenvalue weighted by Gasteiger charge is -2.06. The first-order valence-electron chi connectivity index (χ1n) is 6.74. The Bertz CT molecular complexity index is 912. The summed E-state index contributed by atoms with van der Waals surface area (Å²) in [7, 11) is 0. The average molecular weight is 279 g/mol. The molecule has 104 valence electrons. The molecule has 0 bridgehead atoms. The number of fused-ring (bicyclic) bond motifs is 2. The Kier molecular flexibility index (Phi) is 2.51. The third-order valence-electron chi connectivity index (χ3n) is 3.68. The molecule has 1 aliphatic heterocycles. The summed E-state index contributed by atoms with van der Waals surface area (Å²) in [5.74, 6) is 1.44. The molecule has 1 aliphatic rings. The highest BCUT2D eigenvalue weighted by Gasteiger charge is 2.14. The van der Waals surface area contributed by atoms with Gasteiger partial charge in [-0.1, -0.05) is 17.7 Å². The Morgan fingerprint density at radius 2 is 1.86 bits per heavy atom. The zero-order chi connectivity index (χ0) is 14.4. The van der Waals surface area contributed by atoms with Crippen LogP contribution in [-0.2, 0) is 0 Å². The lowest BCUT2D eigenvalue weighted by Crippen LogP contribution is -2.07. The maximum atomic E-state index is 12.2. The van der Waals surface area contributed by atoms with Crippen molar-refractivity contribution in [3.05, 3.63) is 58.4 Å². The minimum absolute atomic E-state index is 0.0832. The molecule has 4 rings (SSSR count). The Labute approximate surface area is 121 Å². The molecule has 1 aromatic heterocycles. The van der Waals surface area contributed by atoms with Crippen molar-refractivity contribution in [2.75, 3.05) is 6.79 Å². The molecule has 0 unspecified atom stereocenters. The maximum Gasteiger partial charge on any atom is 0.256 e. The monoisotopic (exact) mass is 279 g/mol. The number of hydrogen-bond donors (Lipinski definition) is 1. The smallest absolute Gasteiger partial charge is 0.256 e. The van der Waals surface area contributed by atoms with E-state index in [1.807, 2.05) is 49.4 Å². The molecule has 1 N–H and O–H groups in total. The zero-order valence-corrected chi connectivity index (χ0v) is 11.5. The van der Waals surface area contributed by atoms with E-state index in [2.05, 4.69) is 4.98 Å². The van der Waals surface area contributed by atoms with Gasteiger partial charge in [0.25, 0.3) is 5.56 Å². The van der Waals surface area contributed by atoms with E-state index in [1.54, 1.807) is 0 Å². The van der Waals surface area contributed by atoms with Crippen molar-refractivity contribution in [1.29, 1.82) is 0 Å². The van der Waals surface area contributed by atoms with Gasteiger partial charge in [-0.2, -0.15) is 0 Å². The molecular weight excluding hydrogens is 266 g/mol. The van der Waals surface area contributed by atoms with Gasteiger partial charge in [-0.3, -0.25) is 4.79 Å². The first-order chi connectivity index (χ1) is 10.2. The van der Waals surface area contributed by atoms with E-state index in [0.29, 0.717) is 11.1 Å². The zero-order valence-electron chi connectivity index (χ0n) is 11.5. The number of ether oxygens (including phenoxy) is 2. The van der Waals surface area contributed by atoms with Crippen LogP contribution in [0.1, 0.15) is 5.56 Å². The molecule has 0 saturated carbocycles. The normalized spacial score (nSPS) is 12.8. The number of benzene rings is 2. The first kappa shape index (κ1) is 12.0. The second-order valence-corrected chi connectivity index (χ2v) is 5.17. The molecule has 0 saturated heterocycles. The maximum absolute atomic E-state index is 12.2. The highest BCUT2D eigenvalue weighted by molar-refractivity contribution is 5.85. The molecule has 0 aliphatic carbocycles. The van der Waals surface area contributed by atoms with Gasteiger partial charge in [0, 0.05) is 16.6 Å². The Morgan fingerprint density at radius 1 is 1.00 bits per heavy atom. The number of hydrogen-bond acceptors (Lipinski definition) is 3. The van der Waals surface area contributed by atoms with E-state index in [9.17, 15) is 4.79 Å². The second-order valence-electron chi connectivity index (χ2n) is 5.17. The standard InChI is InChI=1S/C17H13NO3/c1-10-2-4-13-12(6-10)7-14(18-17(13)19)11-3-5-15-16(8-11)21-9-20-15/h2-8H,9H2,1H3,(H,18,19). The highest BCUT2D eigenvalue weighted by Crippen LogP contribution is 2.35. The average Bonchev–Trinajstić information content (AvgIpc) is 2.94. The fourth-order valence-electron chi connectivity index (χ4n) is 2.61. The van der Waals surface area contributed by atoms with Crippen molar-refractivity contribution in [2.45, 2.75) is 6.92 Å². The van der Waals surface area contributed by atoms with Crippen LogP contribution in [0.5, 0.6) is 11.5 Å². The van der Waals surface area contributed by atoms with Crippen LogP contribution in [0.2, 0.25) is 0 Å². The highest BCUT2D eigenvalue weighted by atomic mass is 16.7. The number of aromatic nitrogens is 1. The third kappa shape index (κ3) is 1.96. The summed E-state index contributed by atoms with van der Waals surface area (Å²) < 4.78 is 10.7. The number of H-pyrrole nitrogens is 1. The van der Waals surface area contributed by atoms with Gasteiger partial charge in [0.1, 0.15) is 0 Å². The van der Waals surface area contributed by atoms with Crippen molar-refractivity contribution < 1.29 is 9.47 Å². The molecule has 4 heteroatoms. The van der Waals surface area contributed by atoms with Gasteiger partial charge >= 0.3 is 0 Å². The summed E-state index contributed by atoms with van der Waals surface area (Å²) in [6, 6.07) is 13.5. The van der Waals surface area contributed by atoms with Gasteiger partial charge in [0.15, 0.2) is 11.5 Å². The Hall–Kier alpha value is -2.75. The molecule has 21 heavy (non-hydrogen) atoms. The van der Waals surface area contributed by atoms with Crippen LogP contribution in [0.3, 0.4) is 0 Å². The fraction of sp³-hybridized carbons (Fsp3) is 0.118. The van der Waals surface area contributed by atoms with E-state index in [1.165, 1.54) is 0 Å². The predicted molar refractivity (Wildman–Crippen MR) is 80.9 cm³/mol. The molecular formula is C17H13NO3. The number of aryl methyl sites for hydroxylation is 1. The molecule has 0 radical (unpaired) electrons. The molecule has 4 nitrogen and oxygen atoms in total. The van der Waals surface area contributed by atoms with E-state index in [-0.39, 0.29) is 12.4 Å². The van der Waals surface area contributed by atoms with Gasteiger partial charge in [0.05, 0.1) is 0 Å². The SMILES string of the molecule is Cc1ccc2c(=O)[nH]c(-c3ccc4c(c3)OCO4)cc2c1. The second kappa shape index (κ2) is 4.38. The molecule has 2 heterocycles. The quantitative estimate of drug-likeness (QED) is 0.744. The largest absolute Gasteiger partial charge is 0.454 e. The van der Waals surface area contributed by atoms with E-state index in [0.717, 1.165) is 28.0 Å². The minimum Gasteiger partial charge on any atom is -0.454 e. The van der Waals surface area contributed by atoms with Crippen molar-refractivity contribution in [1.82, 2.24) is 4.98 Å². The summed E-state index contributed by atoms with van der Waals surface area (Å²) in [6.45, 7) is 2.26. The van der Waals surface area contributed by atoms with E-state index in [4.69, 9.17) is 9.47 Å². The lowest BCUT2D eigenvalue weighted by molar-refractivity contribution is 0.174. The Morgan fingerprint density at radius 3 is 2.76 bits per heavy atom. The predicted octanol–water partition coefficient (Wildman–Crippen LogP) is 3.23. The summed E-state index contributed by atoms with van der Waals surface area (Å²) in [5.41, 5.74) is 2.72. The number of aromatic amines is 1. The molecule has 0 fully saturated rings. The summed E-state index contributed by atoms with van der Waals surface area (Å²) in [4.78, 5) is 15.1. The van der Waals surface area contributed by atoms with Crippen LogP contribution in [0.4, 0.5) is 0 Å². The van der Waals surface area contributed by atoms with Crippen molar-refractivity contribution >= 4 is 10.8 Å². The Balaban J connectivity index is 1.92. The van der Waals surface area contributed by atoms with E-state index >= 15 is 0 Å². The summed E-state index contributed by atoms with van der Waals surface area (Å²) in [6.07, 6.45) is 0. The molecule has 2 aromatic carbocycles. The third-order valence-corrected chi connectivity index (χ3v) is 3.68. The van der Waals surface area contributed by atoms with Crippen LogP contribution in [0, 0.1) is 6.92 Å².